The lowest BCUT2D eigenvalue weighted by Gasteiger charge is -2.27. The van der Waals surface area contributed by atoms with E-state index in [-0.39, 0.29) is 11.6 Å². The van der Waals surface area contributed by atoms with Crippen LogP contribution >= 0.6 is 0 Å². The molecule has 6 aromatic rings. The van der Waals surface area contributed by atoms with Gasteiger partial charge in [-0.2, -0.15) is 0 Å². The maximum Gasteiger partial charge on any atom is 0.198 e. The maximum absolute atomic E-state index is 15.6. The summed E-state index contributed by atoms with van der Waals surface area (Å²) in [5.41, 5.74) is 12.5. The van der Waals surface area contributed by atoms with Gasteiger partial charge in [-0.3, -0.25) is 9.59 Å². The van der Waals surface area contributed by atoms with E-state index >= 15 is 9.59 Å². The fraction of sp³-hybridized carbons (Fsp3) is 0.387. The van der Waals surface area contributed by atoms with Crippen molar-refractivity contribution in [2.75, 3.05) is 21.3 Å². The first-order chi connectivity index (χ1) is 33.4. The SMILES string of the molecule is CCCCCCc1ccc(Nc2ccc(Nc3ccc(CCCCCC)cc3)c3c2C(=O)c2c(Nc4ccc(CCCCCC)cc4)ccc(Nc4ccc(CCCCCC)cc4)c2C3=O)cc1. The minimum atomic E-state index is -0.211. The summed E-state index contributed by atoms with van der Waals surface area (Å²) in [7, 11) is 0. The second-order valence-electron chi connectivity index (χ2n) is 19.0. The first-order valence-electron chi connectivity index (χ1n) is 26.3. The highest BCUT2D eigenvalue weighted by atomic mass is 16.1. The third-order valence-corrected chi connectivity index (χ3v) is 13.5. The highest BCUT2D eigenvalue weighted by Crippen LogP contribution is 2.44. The Labute approximate surface area is 408 Å². The van der Waals surface area contributed by atoms with E-state index in [0.717, 1.165) is 48.4 Å². The van der Waals surface area contributed by atoms with Crippen LogP contribution in [0.25, 0.3) is 0 Å². The second kappa shape index (κ2) is 25.8. The fourth-order valence-corrected chi connectivity index (χ4v) is 9.48. The molecule has 1 aliphatic rings. The molecule has 0 aromatic heterocycles. The molecule has 0 bridgehead atoms. The van der Waals surface area contributed by atoms with Crippen molar-refractivity contribution < 1.29 is 9.59 Å². The topological polar surface area (TPSA) is 82.3 Å². The van der Waals surface area contributed by atoms with Gasteiger partial charge >= 0.3 is 0 Å². The summed E-state index contributed by atoms with van der Waals surface area (Å²) in [6.45, 7) is 8.96. The summed E-state index contributed by atoms with van der Waals surface area (Å²) in [6.07, 6.45) is 23.6. The predicted octanol–water partition coefficient (Wildman–Crippen LogP) is 17.9. The van der Waals surface area contributed by atoms with Crippen molar-refractivity contribution in [3.8, 4) is 0 Å². The highest BCUT2D eigenvalue weighted by molar-refractivity contribution is 6.35. The van der Waals surface area contributed by atoms with E-state index < -0.39 is 0 Å². The molecule has 6 nitrogen and oxygen atoms in total. The number of hydrogen-bond acceptors (Lipinski definition) is 6. The van der Waals surface area contributed by atoms with E-state index in [1.807, 2.05) is 24.3 Å². The van der Waals surface area contributed by atoms with Gasteiger partial charge in [-0.15, -0.1) is 0 Å². The van der Waals surface area contributed by atoms with Gasteiger partial charge in [0.15, 0.2) is 11.6 Å². The number of anilines is 8. The molecule has 6 aromatic carbocycles. The molecule has 0 unspecified atom stereocenters. The Hall–Kier alpha value is -6.14. The molecule has 0 radical (unpaired) electrons. The molecular formula is C62H76N4O2. The number of ketones is 2. The number of carbonyl (C=O) groups is 2. The third-order valence-electron chi connectivity index (χ3n) is 13.5. The summed E-state index contributed by atoms with van der Waals surface area (Å²) in [4.78, 5) is 31.3. The number of carbonyl (C=O) groups excluding carboxylic acids is 2. The molecular weight excluding hydrogens is 833 g/mol. The van der Waals surface area contributed by atoms with Crippen LogP contribution in [0.5, 0.6) is 0 Å². The first-order valence-corrected chi connectivity index (χ1v) is 26.3. The minimum absolute atomic E-state index is 0.211. The van der Waals surface area contributed by atoms with Crippen LogP contribution in [0.2, 0.25) is 0 Å². The van der Waals surface area contributed by atoms with E-state index in [4.69, 9.17) is 0 Å². The third kappa shape index (κ3) is 13.5. The lowest BCUT2D eigenvalue weighted by atomic mass is 9.80. The molecule has 0 atom stereocenters. The van der Waals surface area contributed by atoms with Gasteiger partial charge in [-0.1, -0.05) is 153 Å². The Morgan fingerprint density at radius 2 is 0.471 bits per heavy atom. The van der Waals surface area contributed by atoms with Gasteiger partial charge in [-0.25, -0.2) is 0 Å². The zero-order valence-electron chi connectivity index (χ0n) is 41.5. The van der Waals surface area contributed by atoms with E-state index in [1.165, 1.54) is 125 Å². The Bertz CT molecular complexity index is 2170. The summed E-state index contributed by atoms with van der Waals surface area (Å²) < 4.78 is 0. The Morgan fingerprint density at radius 1 is 0.265 bits per heavy atom. The second-order valence-corrected chi connectivity index (χ2v) is 19.0. The molecule has 0 aliphatic heterocycles. The van der Waals surface area contributed by atoms with Gasteiger partial charge in [0.25, 0.3) is 0 Å². The number of rotatable bonds is 28. The number of fused-ring (bicyclic) bond motifs is 2. The monoisotopic (exact) mass is 909 g/mol. The molecule has 0 saturated heterocycles. The van der Waals surface area contributed by atoms with Crippen molar-refractivity contribution in [2.45, 2.75) is 156 Å². The molecule has 0 saturated carbocycles. The number of aryl methyl sites for hydroxylation is 4. The molecule has 0 heterocycles. The van der Waals surface area contributed by atoms with Crippen molar-refractivity contribution in [1.29, 1.82) is 0 Å². The van der Waals surface area contributed by atoms with E-state index in [2.05, 4.69) is 146 Å². The van der Waals surface area contributed by atoms with Gasteiger partial charge in [0.05, 0.1) is 45.0 Å². The molecule has 0 spiro atoms. The molecule has 356 valence electrons. The molecule has 0 amide bonds. The molecule has 68 heavy (non-hydrogen) atoms. The lowest BCUT2D eigenvalue weighted by Crippen LogP contribution is -2.25. The lowest BCUT2D eigenvalue weighted by molar-refractivity contribution is 0.0981. The van der Waals surface area contributed by atoms with Crippen LogP contribution in [-0.4, -0.2) is 11.6 Å². The molecule has 0 fully saturated rings. The van der Waals surface area contributed by atoms with Crippen molar-refractivity contribution in [1.82, 2.24) is 0 Å². The smallest absolute Gasteiger partial charge is 0.198 e. The van der Waals surface area contributed by atoms with Crippen LogP contribution in [0.4, 0.5) is 45.5 Å². The van der Waals surface area contributed by atoms with Crippen molar-refractivity contribution in [3.05, 3.63) is 166 Å². The van der Waals surface area contributed by atoms with Gasteiger partial charge in [-0.05, 0) is 146 Å². The van der Waals surface area contributed by atoms with Crippen LogP contribution in [0.15, 0.2) is 121 Å². The first kappa shape index (κ1) is 49.8. The minimum Gasteiger partial charge on any atom is -0.355 e. The van der Waals surface area contributed by atoms with E-state index in [9.17, 15) is 0 Å². The molecule has 7 rings (SSSR count). The number of unbranched alkanes of at least 4 members (excludes halogenated alkanes) is 12. The van der Waals surface area contributed by atoms with Crippen molar-refractivity contribution in [3.63, 3.8) is 0 Å². The van der Waals surface area contributed by atoms with Crippen LogP contribution < -0.4 is 21.3 Å². The Kier molecular flexibility index (Phi) is 18.9. The number of hydrogen-bond donors (Lipinski definition) is 4. The zero-order chi connectivity index (χ0) is 47.5. The van der Waals surface area contributed by atoms with Crippen LogP contribution in [0.3, 0.4) is 0 Å². The molecule has 4 N–H and O–H groups in total. The molecule has 1 aliphatic carbocycles. The zero-order valence-corrected chi connectivity index (χ0v) is 41.5. The van der Waals surface area contributed by atoms with Gasteiger partial charge in [0.2, 0.25) is 0 Å². The number of benzene rings is 6. The van der Waals surface area contributed by atoms with Crippen LogP contribution in [0.1, 0.15) is 185 Å². The molecule has 6 heteroatoms. The Balaban J connectivity index is 1.27. The maximum atomic E-state index is 15.6. The van der Waals surface area contributed by atoms with Crippen LogP contribution in [0, 0.1) is 0 Å². The number of nitrogens with one attached hydrogen (secondary N) is 4. The van der Waals surface area contributed by atoms with Gasteiger partial charge < -0.3 is 21.3 Å². The van der Waals surface area contributed by atoms with Crippen molar-refractivity contribution in [2.24, 2.45) is 0 Å². The average molecular weight is 909 g/mol. The van der Waals surface area contributed by atoms with E-state index in [1.54, 1.807) is 0 Å². The van der Waals surface area contributed by atoms with Crippen LogP contribution in [-0.2, 0) is 25.7 Å². The fourth-order valence-electron chi connectivity index (χ4n) is 9.48. The summed E-state index contributed by atoms with van der Waals surface area (Å²) in [5.74, 6) is -0.423. The van der Waals surface area contributed by atoms with Gasteiger partial charge in [0, 0.05) is 22.7 Å². The largest absolute Gasteiger partial charge is 0.355 e. The standard InChI is InChI=1S/C62H76N4O2/c1-5-9-13-17-21-45-25-33-49(34-26-45)63-53-41-42-54(64-50-35-27-46(28-36-50)22-18-14-10-6-2)58-57(53)61(67)59-55(65-51-37-29-47(30-38-51)23-19-15-11-7-3)43-44-56(60(59)62(58)68)66-52-39-31-48(32-40-52)24-20-16-12-8-4/h25-44,63-66H,5-24H2,1-4H3. The summed E-state index contributed by atoms with van der Waals surface area (Å²) >= 11 is 0. The van der Waals surface area contributed by atoms with Gasteiger partial charge in [0.1, 0.15) is 0 Å². The predicted molar refractivity (Wildman–Crippen MR) is 290 cm³/mol. The normalized spacial score (nSPS) is 11.9. The summed E-state index contributed by atoms with van der Waals surface area (Å²) in [6, 6.07) is 41.8. The quantitative estimate of drug-likeness (QED) is 0.0367. The Morgan fingerprint density at radius 3 is 0.662 bits per heavy atom. The average Bonchev–Trinajstić information content (AvgIpc) is 3.36. The highest BCUT2D eigenvalue weighted by Gasteiger charge is 2.38. The van der Waals surface area contributed by atoms with Crippen molar-refractivity contribution >= 4 is 57.1 Å². The van der Waals surface area contributed by atoms with E-state index in [0.29, 0.717) is 45.0 Å². The summed E-state index contributed by atoms with van der Waals surface area (Å²) in [5, 5.41) is 14.4.